The number of carboxylic acids is 1. The Labute approximate surface area is 76.2 Å². The SMILES string of the molecule is Nc1ccc(CCC(=O)O)cc1N. The fourth-order valence-electron chi connectivity index (χ4n) is 1.03. The quantitative estimate of drug-likeness (QED) is 0.602. The smallest absolute Gasteiger partial charge is 0.303 e. The number of carbonyl (C=O) groups is 1. The van der Waals surface area contributed by atoms with Crippen molar-refractivity contribution in [1.82, 2.24) is 0 Å². The zero-order valence-corrected chi connectivity index (χ0v) is 7.16. The van der Waals surface area contributed by atoms with Crippen LogP contribution in [-0.4, -0.2) is 11.1 Å². The Morgan fingerprint density at radius 1 is 1.31 bits per heavy atom. The van der Waals surface area contributed by atoms with Gasteiger partial charge in [-0.15, -0.1) is 0 Å². The molecule has 0 aromatic heterocycles. The maximum atomic E-state index is 10.3. The predicted octanol–water partition coefficient (Wildman–Crippen LogP) is 0.868. The van der Waals surface area contributed by atoms with E-state index in [9.17, 15) is 4.79 Å². The summed E-state index contributed by atoms with van der Waals surface area (Å²) in [5, 5.41) is 8.44. The molecule has 0 saturated carbocycles. The number of hydrogen-bond donors (Lipinski definition) is 3. The molecular formula is C9H12N2O2. The third kappa shape index (κ3) is 2.66. The first-order valence-corrected chi connectivity index (χ1v) is 3.95. The van der Waals surface area contributed by atoms with Crippen LogP contribution in [0.15, 0.2) is 18.2 Å². The number of carboxylic acid groups (broad SMARTS) is 1. The van der Waals surface area contributed by atoms with Gasteiger partial charge in [0.05, 0.1) is 11.4 Å². The Morgan fingerprint density at radius 2 is 2.00 bits per heavy atom. The van der Waals surface area contributed by atoms with Gasteiger partial charge in [-0.25, -0.2) is 0 Å². The molecular weight excluding hydrogens is 168 g/mol. The first kappa shape index (κ1) is 9.38. The van der Waals surface area contributed by atoms with Gasteiger partial charge in [0.1, 0.15) is 0 Å². The van der Waals surface area contributed by atoms with Crippen LogP contribution in [0.2, 0.25) is 0 Å². The van der Waals surface area contributed by atoms with Gasteiger partial charge in [-0.2, -0.15) is 0 Å². The summed E-state index contributed by atoms with van der Waals surface area (Å²) in [6.45, 7) is 0. The molecule has 1 aromatic rings. The molecule has 0 unspecified atom stereocenters. The summed E-state index contributed by atoms with van der Waals surface area (Å²) in [6, 6.07) is 5.18. The number of benzene rings is 1. The van der Waals surface area contributed by atoms with Crippen LogP contribution < -0.4 is 11.5 Å². The van der Waals surface area contributed by atoms with Gasteiger partial charge in [0.2, 0.25) is 0 Å². The van der Waals surface area contributed by atoms with E-state index in [2.05, 4.69) is 0 Å². The minimum atomic E-state index is -0.810. The minimum absolute atomic E-state index is 0.114. The predicted molar refractivity (Wildman–Crippen MR) is 51.2 cm³/mol. The van der Waals surface area contributed by atoms with Gasteiger partial charge in [-0.1, -0.05) is 6.07 Å². The van der Waals surface area contributed by atoms with Gasteiger partial charge in [0.25, 0.3) is 0 Å². The van der Waals surface area contributed by atoms with E-state index >= 15 is 0 Å². The van der Waals surface area contributed by atoms with Crippen molar-refractivity contribution in [1.29, 1.82) is 0 Å². The fourth-order valence-corrected chi connectivity index (χ4v) is 1.03. The molecule has 4 nitrogen and oxygen atoms in total. The van der Waals surface area contributed by atoms with Gasteiger partial charge in [0.15, 0.2) is 0 Å². The van der Waals surface area contributed by atoms with Crippen LogP contribution in [0.5, 0.6) is 0 Å². The van der Waals surface area contributed by atoms with Crippen LogP contribution in [0.25, 0.3) is 0 Å². The number of aryl methyl sites for hydroxylation is 1. The maximum Gasteiger partial charge on any atom is 0.303 e. The Balaban J connectivity index is 2.68. The average molecular weight is 180 g/mol. The molecule has 1 rings (SSSR count). The van der Waals surface area contributed by atoms with Crippen molar-refractivity contribution in [3.63, 3.8) is 0 Å². The Kier molecular flexibility index (Phi) is 2.74. The number of anilines is 2. The Bertz CT molecular complexity index is 323. The van der Waals surface area contributed by atoms with Crippen molar-refractivity contribution in [2.45, 2.75) is 12.8 Å². The second kappa shape index (κ2) is 3.80. The van der Waals surface area contributed by atoms with Crippen molar-refractivity contribution < 1.29 is 9.90 Å². The highest BCUT2D eigenvalue weighted by atomic mass is 16.4. The standard InChI is InChI=1S/C9H12N2O2/c10-7-3-1-6(5-8(7)11)2-4-9(12)13/h1,3,5H,2,4,10-11H2,(H,12,13). The van der Waals surface area contributed by atoms with Crippen LogP contribution in [-0.2, 0) is 11.2 Å². The summed E-state index contributed by atoms with van der Waals surface area (Å²) < 4.78 is 0. The molecule has 1 aromatic carbocycles. The lowest BCUT2D eigenvalue weighted by molar-refractivity contribution is -0.136. The number of rotatable bonds is 3. The molecule has 0 aliphatic rings. The lowest BCUT2D eigenvalue weighted by atomic mass is 10.1. The number of nitrogen functional groups attached to an aromatic ring is 2. The minimum Gasteiger partial charge on any atom is -0.481 e. The number of hydrogen-bond acceptors (Lipinski definition) is 3. The van der Waals surface area contributed by atoms with E-state index in [0.29, 0.717) is 17.8 Å². The van der Waals surface area contributed by atoms with E-state index in [1.807, 2.05) is 0 Å². The molecule has 0 fully saturated rings. The Morgan fingerprint density at radius 3 is 2.54 bits per heavy atom. The van der Waals surface area contributed by atoms with E-state index in [1.165, 1.54) is 0 Å². The van der Waals surface area contributed by atoms with E-state index in [1.54, 1.807) is 18.2 Å². The van der Waals surface area contributed by atoms with Crippen LogP contribution in [0.3, 0.4) is 0 Å². The molecule has 0 spiro atoms. The van der Waals surface area contributed by atoms with E-state index in [0.717, 1.165) is 5.56 Å². The summed E-state index contributed by atoms with van der Waals surface area (Å²) in [4.78, 5) is 10.3. The lowest BCUT2D eigenvalue weighted by Gasteiger charge is -2.02. The molecule has 0 radical (unpaired) electrons. The molecule has 0 amide bonds. The molecule has 0 aliphatic carbocycles. The molecule has 0 heterocycles. The van der Waals surface area contributed by atoms with Crippen LogP contribution >= 0.6 is 0 Å². The zero-order chi connectivity index (χ0) is 9.84. The van der Waals surface area contributed by atoms with Crippen molar-refractivity contribution in [2.24, 2.45) is 0 Å². The zero-order valence-electron chi connectivity index (χ0n) is 7.16. The van der Waals surface area contributed by atoms with E-state index < -0.39 is 5.97 Å². The summed E-state index contributed by atoms with van der Waals surface area (Å²) in [7, 11) is 0. The van der Waals surface area contributed by atoms with E-state index in [-0.39, 0.29) is 6.42 Å². The Hall–Kier alpha value is -1.71. The second-order valence-corrected chi connectivity index (χ2v) is 2.86. The fraction of sp³-hybridized carbons (Fsp3) is 0.222. The van der Waals surface area contributed by atoms with Crippen molar-refractivity contribution in [2.75, 3.05) is 11.5 Å². The molecule has 13 heavy (non-hydrogen) atoms. The topological polar surface area (TPSA) is 89.3 Å². The van der Waals surface area contributed by atoms with Gasteiger partial charge < -0.3 is 16.6 Å². The van der Waals surface area contributed by atoms with Gasteiger partial charge in [-0.05, 0) is 24.1 Å². The van der Waals surface area contributed by atoms with Crippen molar-refractivity contribution >= 4 is 17.3 Å². The number of aliphatic carboxylic acids is 1. The average Bonchev–Trinajstić information content (AvgIpc) is 2.07. The van der Waals surface area contributed by atoms with Crippen LogP contribution in [0.1, 0.15) is 12.0 Å². The largest absolute Gasteiger partial charge is 0.481 e. The summed E-state index contributed by atoms with van der Waals surface area (Å²) in [6.07, 6.45) is 0.600. The van der Waals surface area contributed by atoms with Gasteiger partial charge in [-0.3, -0.25) is 4.79 Å². The van der Waals surface area contributed by atoms with E-state index in [4.69, 9.17) is 16.6 Å². The highest BCUT2D eigenvalue weighted by Crippen LogP contribution is 2.16. The van der Waals surface area contributed by atoms with Gasteiger partial charge in [0, 0.05) is 6.42 Å². The molecule has 70 valence electrons. The highest BCUT2D eigenvalue weighted by molar-refractivity contribution is 5.68. The summed E-state index contributed by atoms with van der Waals surface area (Å²) in [5.41, 5.74) is 13.0. The first-order valence-electron chi connectivity index (χ1n) is 3.95. The molecule has 0 atom stereocenters. The van der Waals surface area contributed by atoms with Crippen LogP contribution in [0.4, 0.5) is 11.4 Å². The normalized spacial score (nSPS) is 9.85. The van der Waals surface area contributed by atoms with Crippen molar-refractivity contribution in [3.8, 4) is 0 Å². The first-order chi connectivity index (χ1) is 6.09. The molecule has 4 heteroatoms. The molecule has 0 bridgehead atoms. The second-order valence-electron chi connectivity index (χ2n) is 2.86. The highest BCUT2D eigenvalue weighted by Gasteiger charge is 2.00. The molecule has 5 N–H and O–H groups in total. The van der Waals surface area contributed by atoms with Gasteiger partial charge >= 0.3 is 5.97 Å². The number of nitrogens with two attached hydrogens (primary N) is 2. The van der Waals surface area contributed by atoms with Crippen LogP contribution in [0, 0.1) is 0 Å². The third-order valence-corrected chi connectivity index (χ3v) is 1.78. The molecule has 0 saturated heterocycles. The van der Waals surface area contributed by atoms with Crippen molar-refractivity contribution in [3.05, 3.63) is 23.8 Å². The summed E-state index contributed by atoms with van der Waals surface area (Å²) >= 11 is 0. The summed E-state index contributed by atoms with van der Waals surface area (Å²) in [5.74, 6) is -0.810. The monoisotopic (exact) mass is 180 g/mol. The lowest BCUT2D eigenvalue weighted by Crippen LogP contribution is -1.99. The third-order valence-electron chi connectivity index (χ3n) is 1.78. The molecule has 0 aliphatic heterocycles. The maximum absolute atomic E-state index is 10.3.